The van der Waals surface area contributed by atoms with Crippen molar-refractivity contribution in [3.8, 4) is 5.69 Å². The van der Waals surface area contributed by atoms with E-state index in [9.17, 15) is 9.59 Å². The summed E-state index contributed by atoms with van der Waals surface area (Å²) in [7, 11) is 0. The standard InChI is InChI=1S/C24H23BrN4O2/c25-16-8-12-19(13-9-16)29-21-7-2-1-6-20(21)22(28-29)24(31)27-18-5-3-4-15(14-18)23(30)26-17-10-11-17/h3-5,8-9,12-14,17H,1-2,6-7,10-11H2,(H,26,30)(H,27,31). The number of anilines is 1. The lowest BCUT2D eigenvalue weighted by Gasteiger charge is -2.14. The van der Waals surface area contributed by atoms with E-state index in [1.54, 1.807) is 24.3 Å². The second kappa shape index (κ2) is 8.30. The summed E-state index contributed by atoms with van der Waals surface area (Å²) >= 11 is 3.47. The molecule has 2 amide bonds. The Morgan fingerprint density at radius 3 is 2.55 bits per heavy atom. The summed E-state index contributed by atoms with van der Waals surface area (Å²) < 4.78 is 2.90. The number of nitrogens with zero attached hydrogens (tertiary/aromatic N) is 2. The molecular weight excluding hydrogens is 456 g/mol. The van der Waals surface area contributed by atoms with Crippen molar-refractivity contribution in [2.24, 2.45) is 0 Å². The fourth-order valence-electron chi connectivity index (χ4n) is 4.00. The van der Waals surface area contributed by atoms with Crippen LogP contribution in [0.2, 0.25) is 0 Å². The average molecular weight is 479 g/mol. The van der Waals surface area contributed by atoms with Crippen molar-refractivity contribution in [1.82, 2.24) is 15.1 Å². The highest BCUT2D eigenvalue weighted by Crippen LogP contribution is 2.28. The van der Waals surface area contributed by atoms with Gasteiger partial charge in [0.15, 0.2) is 5.69 Å². The van der Waals surface area contributed by atoms with Crippen molar-refractivity contribution in [2.45, 2.75) is 44.6 Å². The largest absolute Gasteiger partial charge is 0.349 e. The van der Waals surface area contributed by atoms with E-state index in [0.29, 0.717) is 23.0 Å². The highest BCUT2D eigenvalue weighted by molar-refractivity contribution is 9.10. The number of benzene rings is 2. The fourth-order valence-corrected chi connectivity index (χ4v) is 4.27. The van der Waals surface area contributed by atoms with Gasteiger partial charge in [-0.25, -0.2) is 4.68 Å². The number of rotatable bonds is 5. The van der Waals surface area contributed by atoms with Crippen molar-refractivity contribution in [1.29, 1.82) is 0 Å². The summed E-state index contributed by atoms with van der Waals surface area (Å²) in [6.45, 7) is 0. The zero-order valence-electron chi connectivity index (χ0n) is 17.0. The second-order valence-electron chi connectivity index (χ2n) is 8.15. The quantitative estimate of drug-likeness (QED) is 0.559. The van der Waals surface area contributed by atoms with Crippen LogP contribution in [-0.4, -0.2) is 27.6 Å². The van der Waals surface area contributed by atoms with Crippen molar-refractivity contribution >= 4 is 33.4 Å². The predicted octanol–water partition coefficient (Wildman–Crippen LogP) is 4.66. The Hall–Kier alpha value is -2.93. The molecule has 6 nitrogen and oxygen atoms in total. The van der Waals surface area contributed by atoms with Crippen molar-refractivity contribution in [2.75, 3.05) is 5.32 Å². The van der Waals surface area contributed by atoms with Gasteiger partial charge in [-0.05, 0) is 81.0 Å². The van der Waals surface area contributed by atoms with Gasteiger partial charge in [-0.3, -0.25) is 9.59 Å². The molecule has 0 radical (unpaired) electrons. The Balaban J connectivity index is 1.42. The van der Waals surface area contributed by atoms with E-state index in [2.05, 4.69) is 26.6 Å². The van der Waals surface area contributed by atoms with Gasteiger partial charge in [-0.15, -0.1) is 0 Å². The molecule has 2 N–H and O–H groups in total. The molecule has 0 atom stereocenters. The number of hydrogen-bond acceptors (Lipinski definition) is 3. The Kier molecular flexibility index (Phi) is 5.36. The number of fused-ring (bicyclic) bond motifs is 1. The molecule has 31 heavy (non-hydrogen) atoms. The molecule has 1 saturated carbocycles. The summed E-state index contributed by atoms with van der Waals surface area (Å²) in [5.41, 5.74) is 4.68. The number of aromatic nitrogens is 2. The zero-order chi connectivity index (χ0) is 21.4. The highest BCUT2D eigenvalue weighted by atomic mass is 79.9. The molecule has 3 aromatic rings. The molecule has 0 bridgehead atoms. The predicted molar refractivity (Wildman–Crippen MR) is 123 cm³/mol. The second-order valence-corrected chi connectivity index (χ2v) is 9.07. The maximum Gasteiger partial charge on any atom is 0.276 e. The lowest BCUT2D eigenvalue weighted by atomic mass is 9.95. The molecule has 5 rings (SSSR count). The SMILES string of the molecule is O=C(NC1CC1)c1cccc(NC(=O)c2nn(-c3ccc(Br)cc3)c3c2CCCC3)c1. The van der Waals surface area contributed by atoms with E-state index >= 15 is 0 Å². The number of amides is 2. The van der Waals surface area contributed by atoms with Gasteiger partial charge < -0.3 is 10.6 Å². The number of halogens is 1. The molecule has 0 saturated heterocycles. The van der Waals surface area contributed by atoms with Crippen LogP contribution in [0.4, 0.5) is 5.69 Å². The van der Waals surface area contributed by atoms with Crippen LogP contribution in [0, 0.1) is 0 Å². The first-order valence-corrected chi connectivity index (χ1v) is 11.5. The number of carbonyl (C=O) groups is 2. The van der Waals surface area contributed by atoms with E-state index in [1.165, 1.54) is 0 Å². The minimum absolute atomic E-state index is 0.101. The van der Waals surface area contributed by atoms with Gasteiger partial charge in [0.25, 0.3) is 11.8 Å². The Bertz CT molecular complexity index is 1150. The highest BCUT2D eigenvalue weighted by Gasteiger charge is 2.26. The molecule has 2 aromatic carbocycles. The van der Waals surface area contributed by atoms with Gasteiger partial charge in [0, 0.05) is 33.0 Å². The molecule has 1 aromatic heterocycles. The van der Waals surface area contributed by atoms with Gasteiger partial charge in [-0.1, -0.05) is 22.0 Å². The van der Waals surface area contributed by atoms with Gasteiger partial charge in [0.2, 0.25) is 0 Å². The van der Waals surface area contributed by atoms with Crippen molar-refractivity contribution in [3.63, 3.8) is 0 Å². The molecule has 1 fully saturated rings. The molecule has 0 aliphatic heterocycles. The fraction of sp³-hybridized carbons (Fsp3) is 0.292. The van der Waals surface area contributed by atoms with Crippen molar-refractivity contribution in [3.05, 3.63) is 75.5 Å². The average Bonchev–Trinajstić information content (AvgIpc) is 3.51. The summed E-state index contributed by atoms with van der Waals surface area (Å²) in [5.74, 6) is -0.343. The smallest absolute Gasteiger partial charge is 0.276 e. The van der Waals surface area contributed by atoms with Gasteiger partial charge in [0.05, 0.1) is 5.69 Å². The lowest BCUT2D eigenvalue weighted by molar-refractivity contribution is 0.0949. The van der Waals surface area contributed by atoms with E-state index in [0.717, 1.165) is 59.9 Å². The minimum atomic E-state index is -0.242. The topological polar surface area (TPSA) is 76.0 Å². The summed E-state index contributed by atoms with van der Waals surface area (Å²) in [4.78, 5) is 25.5. The summed E-state index contributed by atoms with van der Waals surface area (Å²) in [6.07, 6.45) is 5.97. The van der Waals surface area contributed by atoms with E-state index < -0.39 is 0 Å². The van der Waals surface area contributed by atoms with Crippen LogP contribution in [0.3, 0.4) is 0 Å². The number of nitrogens with one attached hydrogen (secondary N) is 2. The molecule has 2 aliphatic rings. The van der Waals surface area contributed by atoms with Crippen LogP contribution in [0.5, 0.6) is 0 Å². The van der Waals surface area contributed by atoms with E-state index in [1.807, 2.05) is 28.9 Å². The van der Waals surface area contributed by atoms with E-state index in [4.69, 9.17) is 5.10 Å². The maximum atomic E-state index is 13.2. The van der Waals surface area contributed by atoms with Crippen LogP contribution >= 0.6 is 15.9 Å². The maximum absolute atomic E-state index is 13.2. The Morgan fingerprint density at radius 1 is 1.00 bits per heavy atom. The monoisotopic (exact) mass is 478 g/mol. The third kappa shape index (κ3) is 4.28. The van der Waals surface area contributed by atoms with Gasteiger partial charge >= 0.3 is 0 Å². The summed E-state index contributed by atoms with van der Waals surface area (Å²) in [6, 6.07) is 15.3. The van der Waals surface area contributed by atoms with Crippen LogP contribution in [0.1, 0.15) is 57.8 Å². The van der Waals surface area contributed by atoms with Crippen molar-refractivity contribution < 1.29 is 9.59 Å². The van der Waals surface area contributed by atoms with E-state index in [-0.39, 0.29) is 11.8 Å². The van der Waals surface area contributed by atoms with Gasteiger partial charge in [-0.2, -0.15) is 5.10 Å². The third-order valence-electron chi connectivity index (χ3n) is 5.76. The molecule has 2 aliphatic carbocycles. The number of carbonyl (C=O) groups excluding carboxylic acids is 2. The van der Waals surface area contributed by atoms with Crippen LogP contribution in [0.15, 0.2) is 53.0 Å². The molecule has 158 valence electrons. The molecule has 0 spiro atoms. The molecule has 1 heterocycles. The third-order valence-corrected chi connectivity index (χ3v) is 6.29. The van der Waals surface area contributed by atoms with Gasteiger partial charge in [0.1, 0.15) is 0 Å². The first kappa shape index (κ1) is 20.0. The lowest BCUT2D eigenvalue weighted by Crippen LogP contribution is -2.25. The zero-order valence-corrected chi connectivity index (χ0v) is 18.6. The van der Waals surface area contributed by atoms with Crippen LogP contribution in [-0.2, 0) is 12.8 Å². The summed E-state index contributed by atoms with van der Waals surface area (Å²) in [5, 5.41) is 10.6. The first-order chi connectivity index (χ1) is 15.1. The minimum Gasteiger partial charge on any atom is -0.349 e. The molecular formula is C24H23BrN4O2. The Labute approximate surface area is 189 Å². The first-order valence-electron chi connectivity index (χ1n) is 10.7. The Morgan fingerprint density at radius 2 is 1.77 bits per heavy atom. The molecule has 0 unspecified atom stereocenters. The normalized spacial score (nSPS) is 15.3. The number of hydrogen-bond donors (Lipinski definition) is 2. The van der Waals surface area contributed by atoms with Crippen LogP contribution in [0.25, 0.3) is 5.69 Å². The molecule has 7 heteroatoms. The van der Waals surface area contributed by atoms with Crippen LogP contribution < -0.4 is 10.6 Å².